The largest absolute Gasteiger partial charge is 0.352 e. The topological polar surface area (TPSA) is 53.7 Å². The summed E-state index contributed by atoms with van der Waals surface area (Å²) in [5.41, 5.74) is 1.81. The zero-order valence-corrected chi connectivity index (χ0v) is 15.3. The lowest BCUT2D eigenvalue weighted by atomic mass is 10.3. The lowest BCUT2D eigenvalue weighted by molar-refractivity contribution is 0.804. The van der Waals surface area contributed by atoms with Crippen molar-refractivity contribution >= 4 is 34.5 Å². The molecule has 3 aromatic heterocycles. The Morgan fingerprint density at radius 2 is 1.96 bits per heavy atom. The average molecular weight is 362 g/mol. The van der Waals surface area contributed by atoms with Gasteiger partial charge in [-0.25, -0.2) is 4.98 Å². The van der Waals surface area contributed by atoms with Gasteiger partial charge in [-0.2, -0.15) is 0 Å². The summed E-state index contributed by atoms with van der Waals surface area (Å²) in [4.78, 5) is 11.5. The van der Waals surface area contributed by atoms with Crippen molar-refractivity contribution in [3.8, 4) is 0 Å². The molecule has 0 radical (unpaired) electrons. The van der Waals surface area contributed by atoms with Gasteiger partial charge in [-0.3, -0.25) is 4.99 Å². The van der Waals surface area contributed by atoms with Crippen molar-refractivity contribution in [2.45, 2.75) is 26.4 Å². The summed E-state index contributed by atoms with van der Waals surface area (Å²) in [6, 6.07) is 8.09. The van der Waals surface area contributed by atoms with Crippen LogP contribution in [0.25, 0.3) is 5.65 Å². The molecular formula is C17H20ClN5S. The van der Waals surface area contributed by atoms with Gasteiger partial charge in [0, 0.05) is 29.2 Å². The van der Waals surface area contributed by atoms with Crippen LogP contribution in [-0.4, -0.2) is 22.4 Å². The molecule has 3 heterocycles. The van der Waals surface area contributed by atoms with Gasteiger partial charge in [0.2, 0.25) is 0 Å². The Labute approximate surface area is 150 Å². The first-order valence-corrected chi connectivity index (χ1v) is 9.02. The highest BCUT2D eigenvalue weighted by Gasteiger charge is 2.05. The summed E-state index contributed by atoms with van der Waals surface area (Å²) in [7, 11) is 1.77. The van der Waals surface area contributed by atoms with E-state index in [1.165, 1.54) is 9.75 Å². The van der Waals surface area contributed by atoms with E-state index in [1.807, 2.05) is 40.3 Å². The molecular weight excluding hydrogens is 342 g/mol. The Kier molecular flexibility index (Phi) is 5.37. The summed E-state index contributed by atoms with van der Waals surface area (Å²) in [5.74, 6) is 0.761. The third-order valence-corrected chi connectivity index (χ3v) is 5.07. The summed E-state index contributed by atoms with van der Waals surface area (Å²) in [5, 5.41) is 7.31. The van der Waals surface area contributed by atoms with Crippen molar-refractivity contribution in [2.75, 3.05) is 7.05 Å². The number of aliphatic imine (C=N–C) groups is 1. The highest BCUT2D eigenvalue weighted by atomic mass is 35.5. The third kappa shape index (κ3) is 4.07. The molecule has 0 bridgehead atoms. The van der Waals surface area contributed by atoms with Crippen molar-refractivity contribution < 1.29 is 0 Å². The normalized spacial score (nSPS) is 11.9. The zero-order chi connectivity index (χ0) is 16.9. The van der Waals surface area contributed by atoms with Gasteiger partial charge >= 0.3 is 0 Å². The van der Waals surface area contributed by atoms with E-state index in [2.05, 4.69) is 39.7 Å². The van der Waals surface area contributed by atoms with Crippen molar-refractivity contribution in [3.63, 3.8) is 0 Å². The number of guanidine groups is 1. The molecule has 0 atom stereocenters. The molecule has 0 saturated heterocycles. The van der Waals surface area contributed by atoms with Crippen LogP contribution in [0, 0.1) is 0 Å². The number of rotatable bonds is 5. The van der Waals surface area contributed by atoms with E-state index in [-0.39, 0.29) is 0 Å². The molecule has 2 N–H and O–H groups in total. The third-order valence-electron chi connectivity index (χ3n) is 3.62. The van der Waals surface area contributed by atoms with Crippen molar-refractivity contribution in [1.29, 1.82) is 0 Å². The minimum absolute atomic E-state index is 0.601. The summed E-state index contributed by atoms with van der Waals surface area (Å²) in [6.07, 6.45) is 4.90. The zero-order valence-electron chi connectivity index (χ0n) is 13.7. The average Bonchev–Trinajstić information content (AvgIpc) is 3.20. The van der Waals surface area contributed by atoms with Gasteiger partial charge in [0.05, 0.1) is 23.8 Å². The van der Waals surface area contributed by atoms with E-state index in [0.717, 1.165) is 30.3 Å². The number of imidazole rings is 1. The molecule has 0 fully saturated rings. The van der Waals surface area contributed by atoms with Crippen LogP contribution in [0.15, 0.2) is 41.7 Å². The van der Waals surface area contributed by atoms with Crippen LogP contribution in [0.1, 0.15) is 22.4 Å². The van der Waals surface area contributed by atoms with Gasteiger partial charge in [-0.15, -0.1) is 11.3 Å². The minimum Gasteiger partial charge on any atom is -0.352 e. The van der Waals surface area contributed by atoms with E-state index in [4.69, 9.17) is 11.6 Å². The second-order valence-corrected chi connectivity index (χ2v) is 7.04. The number of nitrogens with one attached hydrogen (secondary N) is 2. The maximum Gasteiger partial charge on any atom is 0.191 e. The van der Waals surface area contributed by atoms with Gasteiger partial charge in [0.1, 0.15) is 5.65 Å². The number of pyridine rings is 1. The summed E-state index contributed by atoms with van der Waals surface area (Å²) >= 11 is 7.83. The number of aryl methyl sites for hydroxylation is 1. The van der Waals surface area contributed by atoms with Crippen LogP contribution in [-0.2, 0) is 19.5 Å². The van der Waals surface area contributed by atoms with Gasteiger partial charge in [0.25, 0.3) is 0 Å². The van der Waals surface area contributed by atoms with Gasteiger partial charge in [0.15, 0.2) is 5.96 Å². The van der Waals surface area contributed by atoms with E-state index in [0.29, 0.717) is 11.6 Å². The van der Waals surface area contributed by atoms with Crippen LogP contribution < -0.4 is 10.6 Å². The molecule has 0 spiro atoms. The Balaban J connectivity index is 1.56. The number of halogens is 1. The molecule has 3 aromatic rings. The predicted octanol–water partition coefficient (Wildman–Crippen LogP) is 3.48. The van der Waals surface area contributed by atoms with E-state index in [9.17, 15) is 0 Å². The first-order valence-electron chi connectivity index (χ1n) is 7.83. The molecule has 0 amide bonds. The number of nitrogens with zero attached hydrogens (tertiary/aromatic N) is 3. The molecule has 0 aromatic carbocycles. The first-order chi connectivity index (χ1) is 11.7. The van der Waals surface area contributed by atoms with Crippen LogP contribution in [0.2, 0.25) is 5.02 Å². The van der Waals surface area contributed by atoms with Crippen LogP contribution in [0.3, 0.4) is 0 Å². The molecule has 0 aliphatic rings. The highest BCUT2D eigenvalue weighted by Crippen LogP contribution is 2.16. The number of aromatic nitrogens is 2. The van der Waals surface area contributed by atoms with E-state index in [1.54, 1.807) is 7.05 Å². The molecule has 5 nitrogen and oxygen atoms in total. The Morgan fingerprint density at radius 3 is 2.71 bits per heavy atom. The Morgan fingerprint density at radius 1 is 1.17 bits per heavy atom. The fourth-order valence-electron chi connectivity index (χ4n) is 2.38. The summed E-state index contributed by atoms with van der Waals surface area (Å²) in [6.45, 7) is 3.54. The SMILES string of the molecule is CCc1ccc(CNC(=NC)NCc2cn3cc(Cl)ccc3n2)s1. The smallest absolute Gasteiger partial charge is 0.191 e. The molecule has 0 aliphatic carbocycles. The molecule has 0 saturated carbocycles. The Hall–Kier alpha value is -2.05. The first kappa shape index (κ1) is 16.8. The predicted molar refractivity (Wildman–Crippen MR) is 101 cm³/mol. The van der Waals surface area contributed by atoms with Gasteiger partial charge in [-0.1, -0.05) is 18.5 Å². The molecule has 7 heteroatoms. The molecule has 126 valence electrons. The number of hydrogen-bond donors (Lipinski definition) is 2. The monoisotopic (exact) mass is 361 g/mol. The van der Waals surface area contributed by atoms with Crippen LogP contribution >= 0.6 is 22.9 Å². The lowest BCUT2D eigenvalue weighted by Gasteiger charge is -2.09. The van der Waals surface area contributed by atoms with E-state index < -0.39 is 0 Å². The minimum atomic E-state index is 0.601. The van der Waals surface area contributed by atoms with Gasteiger partial charge < -0.3 is 15.0 Å². The second-order valence-electron chi connectivity index (χ2n) is 5.35. The maximum atomic E-state index is 6.00. The number of fused-ring (bicyclic) bond motifs is 1. The molecule has 24 heavy (non-hydrogen) atoms. The van der Waals surface area contributed by atoms with Crippen LogP contribution in [0.4, 0.5) is 0 Å². The number of thiophene rings is 1. The Bertz CT molecular complexity index is 852. The van der Waals surface area contributed by atoms with Gasteiger partial charge in [-0.05, 0) is 30.7 Å². The van der Waals surface area contributed by atoms with Crippen molar-refractivity contribution in [2.24, 2.45) is 4.99 Å². The van der Waals surface area contributed by atoms with Crippen LogP contribution in [0.5, 0.6) is 0 Å². The summed E-state index contributed by atoms with van der Waals surface area (Å²) < 4.78 is 1.92. The quantitative estimate of drug-likeness (QED) is 0.540. The fourth-order valence-corrected chi connectivity index (χ4v) is 3.44. The standard InChI is InChI=1S/C17H20ClN5S/c1-3-14-5-6-15(24-14)9-21-17(19-2)20-8-13-11-23-10-12(18)4-7-16(23)22-13/h4-7,10-11H,3,8-9H2,1-2H3,(H2,19,20,21). The molecule has 0 unspecified atom stereocenters. The second kappa shape index (κ2) is 7.68. The number of hydrogen-bond acceptors (Lipinski definition) is 3. The lowest BCUT2D eigenvalue weighted by Crippen LogP contribution is -2.36. The van der Waals surface area contributed by atoms with Crippen molar-refractivity contribution in [1.82, 2.24) is 20.0 Å². The van der Waals surface area contributed by atoms with Crippen molar-refractivity contribution in [3.05, 3.63) is 57.1 Å². The fraction of sp³-hybridized carbons (Fsp3) is 0.294. The molecule has 3 rings (SSSR count). The highest BCUT2D eigenvalue weighted by molar-refractivity contribution is 7.11. The maximum absolute atomic E-state index is 6.00. The van der Waals surface area contributed by atoms with E-state index >= 15 is 0 Å². The molecule has 0 aliphatic heterocycles.